The summed E-state index contributed by atoms with van der Waals surface area (Å²) in [5.74, 6) is 5.97. The second-order valence-electron chi connectivity index (χ2n) is 6.80. The van der Waals surface area contributed by atoms with E-state index in [2.05, 4.69) is 11.8 Å². The first kappa shape index (κ1) is 21.0. The largest absolute Gasteiger partial charge is 0.481 e. The zero-order valence-corrected chi connectivity index (χ0v) is 17.3. The van der Waals surface area contributed by atoms with Crippen molar-refractivity contribution < 1.29 is 23.2 Å². The topological polar surface area (TPSA) is 95.9 Å². The molecule has 1 aliphatic carbocycles. The summed E-state index contributed by atoms with van der Waals surface area (Å²) < 4.78 is 32.8. The molecule has 0 aromatic heterocycles. The van der Waals surface area contributed by atoms with Gasteiger partial charge in [-0.2, -0.15) is 16.1 Å². The third-order valence-corrected chi connectivity index (χ3v) is 8.69. The van der Waals surface area contributed by atoms with Crippen LogP contribution in [0.15, 0.2) is 29.2 Å². The van der Waals surface area contributed by atoms with Crippen molar-refractivity contribution in [1.82, 2.24) is 9.79 Å². The molecule has 1 saturated carbocycles. The number of ether oxygens (including phenoxy) is 1. The number of carbonyl (C=O) groups is 1. The number of sulfonamides is 1. The lowest BCUT2D eigenvalue weighted by molar-refractivity contribution is -0.134. The van der Waals surface area contributed by atoms with Crippen LogP contribution in [0.2, 0.25) is 0 Å². The van der Waals surface area contributed by atoms with Crippen LogP contribution in [0, 0.1) is 11.8 Å². The fourth-order valence-corrected chi connectivity index (χ4v) is 7.43. The Morgan fingerprint density at radius 2 is 2.04 bits per heavy atom. The Bertz CT molecular complexity index is 868. The smallest absolute Gasteiger partial charge is 0.263 e. The first-order valence-corrected chi connectivity index (χ1v) is 11.6. The minimum atomic E-state index is -3.91. The minimum Gasteiger partial charge on any atom is -0.481 e. The molecule has 0 bridgehead atoms. The van der Waals surface area contributed by atoms with Gasteiger partial charge in [-0.25, -0.2) is 13.9 Å². The number of nitrogens with zero attached hydrogens (tertiary/aromatic N) is 1. The van der Waals surface area contributed by atoms with Gasteiger partial charge in [0.25, 0.3) is 5.91 Å². The Balaban J connectivity index is 1.90. The average Bonchev–Trinajstić information content (AvgIpc) is 3.16. The molecular weight excluding hydrogens is 400 g/mol. The third kappa shape index (κ3) is 4.01. The number of hydrogen-bond acceptors (Lipinski definition) is 6. The third-order valence-electron chi connectivity index (χ3n) is 5.21. The number of hydroxylamine groups is 1. The van der Waals surface area contributed by atoms with E-state index in [1.54, 1.807) is 36.3 Å². The highest BCUT2D eigenvalue weighted by Crippen LogP contribution is 2.49. The normalized spacial score (nSPS) is 21.7. The van der Waals surface area contributed by atoms with Crippen LogP contribution < -0.4 is 10.2 Å². The monoisotopic (exact) mass is 424 g/mol. The molecular formula is C19H24N2O5S2. The standard InChI is InChI=1S/C19H24N2O5S2/c1-2-3-13-26-15-6-8-16(9-7-15)28(24,25)21-12-14-27-19(10-4-5-11-19)17(21)18(22)20-23/h6-9,17,23H,4-5,10-14H2,1H3,(H,20,22). The Morgan fingerprint density at radius 1 is 1.36 bits per heavy atom. The Morgan fingerprint density at radius 3 is 2.64 bits per heavy atom. The molecule has 1 aromatic carbocycles. The summed E-state index contributed by atoms with van der Waals surface area (Å²) in [6, 6.07) is 5.17. The highest BCUT2D eigenvalue weighted by molar-refractivity contribution is 8.01. The van der Waals surface area contributed by atoms with E-state index in [1.165, 1.54) is 16.4 Å². The fourth-order valence-electron chi connectivity index (χ4n) is 3.93. The number of nitrogens with one attached hydrogen (secondary N) is 1. The summed E-state index contributed by atoms with van der Waals surface area (Å²) in [6.07, 6.45) is 3.41. The zero-order valence-electron chi connectivity index (χ0n) is 15.7. The lowest BCUT2D eigenvalue weighted by atomic mass is 9.95. The van der Waals surface area contributed by atoms with Crippen LogP contribution in [0.4, 0.5) is 0 Å². The molecule has 2 N–H and O–H groups in total. The van der Waals surface area contributed by atoms with Crippen molar-refractivity contribution in [2.24, 2.45) is 0 Å². The van der Waals surface area contributed by atoms with E-state index in [9.17, 15) is 18.4 Å². The molecule has 152 valence electrons. The number of thioether (sulfide) groups is 1. The van der Waals surface area contributed by atoms with Gasteiger partial charge in [-0.15, -0.1) is 5.92 Å². The van der Waals surface area contributed by atoms with Gasteiger partial charge < -0.3 is 4.74 Å². The van der Waals surface area contributed by atoms with Crippen molar-refractivity contribution in [2.75, 3.05) is 18.9 Å². The van der Waals surface area contributed by atoms with E-state index >= 15 is 0 Å². The minimum absolute atomic E-state index is 0.0946. The first-order chi connectivity index (χ1) is 13.4. The highest BCUT2D eigenvalue weighted by atomic mass is 32.2. The maximum absolute atomic E-state index is 13.3. The number of hydrogen-bond donors (Lipinski definition) is 2. The van der Waals surface area contributed by atoms with E-state index in [0.717, 1.165) is 25.7 Å². The van der Waals surface area contributed by atoms with Crippen molar-refractivity contribution in [2.45, 2.75) is 48.3 Å². The highest BCUT2D eigenvalue weighted by Gasteiger charge is 2.54. The van der Waals surface area contributed by atoms with Gasteiger partial charge in [0.05, 0.1) is 4.90 Å². The molecule has 1 amide bonds. The van der Waals surface area contributed by atoms with Crippen LogP contribution in [0.5, 0.6) is 5.75 Å². The number of rotatable bonds is 5. The van der Waals surface area contributed by atoms with E-state index in [4.69, 9.17) is 4.74 Å². The summed E-state index contributed by atoms with van der Waals surface area (Å²) in [6.45, 7) is 2.16. The van der Waals surface area contributed by atoms with Crippen molar-refractivity contribution >= 4 is 27.7 Å². The lowest BCUT2D eigenvalue weighted by Gasteiger charge is -2.45. The second-order valence-corrected chi connectivity index (χ2v) is 10.2. The number of amides is 1. The lowest BCUT2D eigenvalue weighted by Crippen LogP contribution is -2.62. The molecule has 1 spiro atoms. The molecule has 1 unspecified atom stereocenters. The summed E-state index contributed by atoms with van der Waals surface area (Å²) >= 11 is 1.64. The fraction of sp³-hybridized carbons (Fsp3) is 0.526. The second kappa shape index (κ2) is 8.74. The van der Waals surface area contributed by atoms with Gasteiger partial charge in [0.1, 0.15) is 18.4 Å². The Hall–Kier alpha value is -1.73. The van der Waals surface area contributed by atoms with E-state index in [-0.39, 0.29) is 18.0 Å². The van der Waals surface area contributed by atoms with Gasteiger partial charge in [0.15, 0.2) is 0 Å². The van der Waals surface area contributed by atoms with Crippen LogP contribution in [0.3, 0.4) is 0 Å². The molecule has 3 rings (SSSR count). The van der Waals surface area contributed by atoms with E-state index in [0.29, 0.717) is 11.5 Å². The van der Waals surface area contributed by atoms with Crippen LogP contribution >= 0.6 is 11.8 Å². The molecule has 28 heavy (non-hydrogen) atoms. The SMILES string of the molecule is CC#CCOc1ccc(S(=O)(=O)N2CCSC3(CCCC3)C2C(=O)NO)cc1. The van der Waals surface area contributed by atoms with Crippen LogP contribution in [-0.4, -0.2) is 53.5 Å². The molecule has 1 atom stereocenters. The predicted molar refractivity (Wildman–Crippen MR) is 107 cm³/mol. The zero-order chi connectivity index (χ0) is 20.2. The molecule has 1 heterocycles. The van der Waals surface area contributed by atoms with Gasteiger partial charge in [0.2, 0.25) is 10.0 Å². The summed E-state index contributed by atoms with van der Waals surface area (Å²) in [4.78, 5) is 12.6. The van der Waals surface area contributed by atoms with Gasteiger partial charge >= 0.3 is 0 Å². The summed E-state index contributed by atoms with van der Waals surface area (Å²) in [7, 11) is -3.91. The average molecular weight is 425 g/mol. The number of carbonyl (C=O) groups excluding carboxylic acids is 1. The quantitative estimate of drug-likeness (QED) is 0.427. The Kier molecular flexibility index (Phi) is 6.55. The molecule has 1 saturated heterocycles. The van der Waals surface area contributed by atoms with Gasteiger partial charge in [0, 0.05) is 17.0 Å². The molecule has 7 nitrogen and oxygen atoms in total. The van der Waals surface area contributed by atoms with Gasteiger partial charge in [-0.1, -0.05) is 18.8 Å². The predicted octanol–water partition coefficient (Wildman–Crippen LogP) is 2.01. The van der Waals surface area contributed by atoms with Crippen LogP contribution in [-0.2, 0) is 14.8 Å². The van der Waals surface area contributed by atoms with Crippen LogP contribution in [0.1, 0.15) is 32.6 Å². The van der Waals surface area contributed by atoms with Crippen molar-refractivity contribution in [3.05, 3.63) is 24.3 Å². The Labute approximate surface area is 169 Å². The van der Waals surface area contributed by atoms with Crippen molar-refractivity contribution in [1.29, 1.82) is 0 Å². The van der Waals surface area contributed by atoms with Gasteiger partial charge in [-0.05, 0) is 44.0 Å². The maximum Gasteiger partial charge on any atom is 0.263 e. The molecule has 9 heteroatoms. The summed E-state index contributed by atoms with van der Waals surface area (Å²) in [5, 5.41) is 9.27. The van der Waals surface area contributed by atoms with Crippen molar-refractivity contribution in [3.63, 3.8) is 0 Å². The van der Waals surface area contributed by atoms with Gasteiger partial charge in [-0.3, -0.25) is 10.0 Å². The first-order valence-electron chi connectivity index (χ1n) is 9.17. The molecule has 1 aliphatic heterocycles. The van der Waals surface area contributed by atoms with E-state index < -0.39 is 26.7 Å². The molecule has 0 radical (unpaired) electrons. The molecule has 2 fully saturated rings. The maximum atomic E-state index is 13.3. The summed E-state index contributed by atoms with van der Waals surface area (Å²) in [5.41, 5.74) is 1.69. The molecule has 1 aromatic rings. The van der Waals surface area contributed by atoms with E-state index in [1.807, 2.05) is 0 Å². The van der Waals surface area contributed by atoms with Crippen LogP contribution in [0.25, 0.3) is 0 Å². The van der Waals surface area contributed by atoms with Crippen molar-refractivity contribution in [3.8, 4) is 17.6 Å². The number of benzene rings is 1. The molecule has 2 aliphatic rings.